The van der Waals surface area contributed by atoms with Gasteiger partial charge in [0.2, 0.25) is 0 Å². The SMILES string of the molecule is S=c1[nH][nH]c(=S)s1.[Cu]. The second-order valence-corrected chi connectivity index (χ2v) is 3.28. The molecule has 0 saturated heterocycles. The third kappa shape index (κ3) is 2.19. The van der Waals surface area contributed by atoms with Crippen LogP contribution in [0, 0.1) is 7.91 Å². The van der Waals surface area contributed by atoms with Crippen LogP contribution in [0.25, 0.3) is 0 Å². The van der Waals surface area contributed by atoms with Gasteiger partial charge >= 0.3 is 0 Å². The summed E-state index contributed by atoms with van der Waals surface area (Å²) in [5.74, 6) is 0. The van der Waals surface area contributed by atoms with Gasteiger partial charge in [0.25, 0.3) is 0 Å². The van der Waals surface area contributed by atoms with Gasteiger partial charge in [0.15, 0.2) is 7.91 Å². The molecule has 0 atom stereocenters. The van der Waals surface area contributed by atoms with Crippen molar-refractivity contribution >= 4 is 35.8 Å². The Hall–Kier alpha value is 0.519. The number of rotatable bonds is 0. The normalized spacial score (nSPS) is 8.00. The summed E-state index contributed by atoms with van der Waals surface area (Å²) in [7, 11) is 0. The quantitative estimate of drug-likeness (QED) is 0.510. The molecule has 0 fully saturated rings. The minimum Gasteiger partial charge on any atom is -0.281 e. The van der Waals surface area contributed by atoms with Gasteiger partial charge in [0, 0.05) is 17.1 Å². The summed E-state index contributed by atoms with van der Waals surface area (Å²) < 4.78 is 1.40. The number of H-pyrrole nitrogens is 2. The molecule has 0 aliphatic heterocycles. The van der Waals surface area contributed by atoms with Crippen molar-refractivity contribution in [2.45, 2.75) is 0 Å². The first-order valence-corrected chi connectivity index (χ1v) is 3.20. The molecule has 49 valence electrons. The third-order valence-electron chi connectivity index (χ3n) is 0.452. The monoisotopic (exact) mass is 213 g/mol. The molecule has 2 N–H and O–H groups in total. The Bertz CT molecular complexity index is 220. The second kappa shape index (κ2) is 3.53. The largest absolute Gasteiger partial charge is 0.281 e. The van der Waals surface area contributed by atoms with E-state index in [4.69, 9.17) is 24.4 Å². The van der Waals surface area contributed by atoms with Crippen molar-refractivity contribution in [3.05, 3.63) is 7.91 Å². The van der Waals surface area contributed by atoms with Crippen LogP contribution < -0.4 is 0 Å². The van der Waals surface area contributed by atoms with E-state index in [0.29, 0.717) is 7.91 Å². The Balaban J connectivity index is 0.000000490. The van der Waals surface area contributed by atoms with Crippen molar-refractivity contribution in [2.24, 2.45) is 0 Å². The zero-order chi connectivity index (χ0) is 5.28. The fourth-order valence-corrected chi connectivity index (χ4v) is 1.37. The molecule has 0 unspecified atom stereocenters. The first-order valence-electron chi connectivity index (χ1n) is 1.57. The molecule has 8 heavy (non-hydrogen) atoms. The molecule has 1 aromatic rings. The van der Waals surface area contributed by atoms with Crippen LogP contribution >= 0.6 is 35.8 Å². The molecule has 0 saturated carbocycles. The summed E-state index contributed by atoms with van der Waals surface area (Å²) in [5.41, 5.74) is 0. The molecule has 1 aromatic heterocycles. The molecule has 0 amide bonds. The first-order chi connectivity index (χ1) is 3.29. The van der Waals surface area contributed by atoms with Crippen LogP contribution in [-0.4, -0.2) is 10.2 Å². The fourth-order valence-electron chi connectivity index (χ4n) is 0.237. The zero-order valence-corrected chi connectivity index (χ0v) is 6.92. The molecular formula is C2H2CuN2S3. The van der Waals surface area contributed by atoms with E-state index in [1.165, 1.54) is 11.3 Å². The van der Waals surface area contributed by atoms with Gasteiger partial charge in [0.05, 0.1) is 0 Å². The van der Waals surface area contributed by atoms with Crippen molar-refractivity contribution in [3.8, 4) is 0 Å². The average molecular weight is 214 g/mol. The summed E-state index contributed by atoms with van der Waals surface area (Å²) >= 11 is 10.8. The van der Waals surface area contributed by atoms with Crippen LogP contribution in [0.4, 0.5) is 0 Å². The zero-order valence-electron chi connectivity index (χ0n) is 3.53. The van der Waals surface area contributed by atoms with Gasteiger partial charge in [-0.2, -0.15) is 0 Å². The topological polar surface area (TPSA) is 31.6 Å². The Labute approximate surface area is 70.8 Å². The predicted octanol–water partition coefficient (Wildman–Crippen LogP) is 1.86. The van der Waals surface area contributed by atoms with Gasteiger partial charge in [-0.1, -0.05) is 11.3 Å². The van der Waals surface area contributed by atoms with E-state index in [2.05, 4.69) is 10.2 Å². The van der Waals surface area contributed by atoms with E-state index in [0.717, 1.165) is 0 Å². The molecule has 1 radical (unpaired) electrons. The summed E-state index contributed by atoms with van der Waals surface area (Å²) in [6, 6.07) is 0. The predicted molar refractivity (Wildman–Crippen MR) is 34.7 cm³/mol. The van der Waals surface area contributed by atoms with Crippen LogP contribution in [0.2, 0.25) is 0 Å². The first kappa shape index (κ1) is 8.52. The average Bonchev–Trinajstić information content (AvgIpc) is 1.87. The second-order valence-electron chi connectivity index (χ2n) is 0.927. The number of hydrogen-bond acceptors (Lipinski definition) is 3. The minimum atomic E-state index is 0. The van der Waals surface area contributed by atoms with E-state index in [9.17, 15) is 0 Å². The van der Waals surface area contributed by atoms with Crippen LogP contribution in [-0.2, 0) is 17.1 Å². The molecular weight excluding hydrogens is 212 g/mol. The van der Waals surface area contributed by atoms with E-state index in [1.807, 2.05) is 0 Å². The summed E-state index contributed by atoms with van der Waals surface area (Å²) in [6.45, 7) is 0. The Morgan fingerprint density at radius 3 is 1.62 bits per heavy atom. The van der Waals surface area contributed by atoms with E-state index in [1.54, 1.807) is 0 Å². The Morgan fingerprint density at radius 1 is 1.12 bits per heavy atom. The van der Waals surface area contributed by atoms with Gasteiger partial charge in [-0.25, -0.2) is 0 Å². The molecule has 1 rings (SSSR count). The van der Waals surface area contributed by atoms with Crippen LogP contribution in [0.5, 0.6) is 0 Å². The molecule has 1 heterocycles. The van der Waals surface area contributed by atoms with Crippen molar-refractivity contribution in [3.63, 3.8) is 0 Å². The van der Waals surface area contributed by atoms with E-state index >= 15 is 0 Å². The van der Waals surface area contributed by atoms with Gasteiger partial charge in [0.1, 0.15) is 0 Å². The van der Waals surface area contributed by atoms with Crippen LogP contribution in [0.15, 0.2) is 0 Å². The maximum absolute atomic E-state index is 4.70. The van der Waals surface area contributed by atoms with Crippen molar-refractivity contribution in [1.82, 2.24) is 10.2 Å². The molecule has 0 aliphatic carbocycles. The van der Waals surface area contributed by atoms with Crippen LogP contribution in [0.3, 0.4) is 0 Å². The molecule has 2 nitrogen and oxygen atoms in total. The van der Waals surface area contributed by atoms with Crippen molar-refractivity contribution in [1.29, 1.82) is 0 Å². The minimum absolute atomic E-state index is 0. The fraction of sp³-hybridized carbons (Fsp3) is 0. The van der Waals surface area contributed by atoms with E-state index in [-0.39, 0.29) is 17.1 Å². The molecule has 0 aliphatic rings. The Kier molecular flexibility index (Phi) is 3.76. The molecule has 0 aromatic carbocycles. The molecule has 6 heteroatoms. The third-order valence-corrected chi connectivity index (χ3v) is 1.73. The number of hydrogen-bond donors (Lipinski definition) is 2. The van der Waals surface area contributed by atoms with Gasteiger partial charge in [-0.15, -0.1) is 0 Å². The number of aromatic nitrogens is 2. The van der Waals surface area contributed by atoms with Gasteiger partial charge in [-0.3, -0.25) is 10.2 Å². The Morgan fingerprint density at radius 2 is 1.50 bits per heavy atom. The molecule has 0 spiro atoms. The summed E-state index contributed by atoms with van der Waals surface area (Å²) in [4.78, 5) is 0. The van der Waals surface area contributed by atoms with Gasteiger partial charge in [-0.05, 0) is 24.4 Å². The maximum Gasteiger partial charge on any atom is 0.175 e. The maximum atomic E-state index is 4.70. The summed E-state index contributed by atoms with van der Waals surface area (Å²) in [5, 5.41) is 5.34. The van der Waals surface area contributed by atoms with Crippen LogP contribution in [0.1, 0.15) is 0 Å². The molecule has 0 bridgehead atoms. The standard InChI is InChI=1S/C2H2N2S3.Cu/c5-1-3-4-2(6)7-1;/h(H,3,5)(H,4,6);. The van der Waals surface area contributed by atoms with Crippen molar-refractivity contribution in [2.75, 3.05) is 0 Å². The van der Waals surface area contributed by atoms with Crippen molar-refractivity contribution < 1.29 is 17.1 Å². The smallest absolute Gasteiger partial charge is 0.175 e. The van der Waals surface area contributed by atoms with E-state index < -0.39 is 0 Å². The summed E-state index contributed by atoms with van der Waals surface area (Å²) in [6.07, 6.45) is 0. The number of aromatic amines is 2. The number of nitrogens with one attached hydrogen (secondary N) is 2. The van der Waals surface area contributed by atoms with Gasteiger partial charge < -0.3 is 0 Å².